The van der Waals surface area contributed by atoms with E-state index in [0.717, 1.165) is 5.39 Å². The Hall–Kier alpha value is -3.33. The Balaban J connectivity index is 1.71. The van der Waals surface area contributed by atoms with Crippen molar-refractivity contribution >= 4 is 11.0 Å². The maximum absolute atomic E-state index is 10.5. The summed E-state index contributed by atoms with van der Waals surface area (Å²) in [4.78, 5) is 0. The van der Waals surface area contributed by atoms with Gasteiger partial charge in [-0.05, 0) is 35.9 Å². The van der Waals surface area contributed by atoms with Crippen molar-refractivity contribution in [2.75, 3.05) is 0 Å². The van der Waals surface area contributed by atoms with E-state index in [1.54, 1.807) is 36.4 Å². The fourth-order valence-electron chi connectivity index (χ4n) is 2.98. The Morgan fingerprint density at radius 2 is 1.73 bits per heavy atom. The summed E-state index contributed by atoms with van der Waals surface area (Å²) in [6.07, 6.45) is -0.960. The Labute approximate surface area is 149 Å². The highest BCUT2D eigenvalue weighted by Gasteiger charge is 2.20. The number of furan rings is 2. The number of para-hydroxylation sites is 1. The second kappa shape index (κ2) is 6.52. The minimum atomic E-state index is -0.960. The van der Waals surface area contributed by atoms with Crippen molar-refractivity contribution < 1.29 is 19.0 Å². The molecule has 0 aliphatic carbocycles. The number of aliphatic hydroxyl groups is 2. The summed E-state index contributed by atoms with van der Waals surface area (Å²) in [5, 5.41) is 29.9. The lowest BCUT2D eigenvalue weighted by atomic mass is 10.1. The summed E-state index contributed by atoms with van der Waals surface area (Å²) in [5.41, 5.74) is 2.46. The lowest BCUT2D eigenvalue weighted by Crippen LogP contribution is -1.97. The number of nitriles is 1. The van der Waals surface area contributed by atoms with E-state index in [4.69, 9.17) is 14.1 Å². The molecule has 0 saturated carbocycles. The maximum atomic E-state index is 10.5. The van der Waals surface area contributed by atoms with E-state index >= 15 is 0 Å². The first-order chi connectivity index (χ1) is 12.7. The molecule has 0 radical (unpaired) electrons. The number of nitrogens with zero attached hydrogens (tertiary/aromatic N) is 1. The fraction of sp³-hybridized carbons (Fsp3) is 0.0952. The van der Waals surface area contributed by atoms with Crippen LogP contribution < -0.4 is 0 Å². The van der Waals surface area contributed by atoms with Gasteiger partial charge in [0, 0.05) is 10.9 Å². The van der Waals surface area contributed by atoms with Crippen LogP contribution >= 0.6 is 0 Å². The van der Waals surface area contributed by atoms with Gasteiger partial charge >= 0.3 is 0 Å². The molecule has 0 spiro atoms. The predicted octanol–water partition coefficient (Wildman–Crippen LogP) is 4.14. The summed E-state index contributed by atoms with van der Waals surface area (Å²) in [6, 6.07) is 19.5. The third kappa shape index (κ3) is 2.68. The van der Waals surface area contributed by atoms with Gasteiger partial charge in [0.2, 0.25) is 0 Å². The van der Waals surface area contributed by atoms with E-state index < -0.39 is 6.10 Å². The third-order valence-electron chi connectivity index (χ3n) is 4.33. The molecule has 0 saturated heterocycles. The van der Waals surface area contributed by atoms with Crippen LogP contribution in [0.2, 0.25) is 0 Å². The quantitative estimate of drug-likeness (QED) is 0.580. The fourth-order valence-corrected chi connectivity index (χ4v) is 2.98. The van der Waals surface area contributed by atoms with Gasteiger partial charge in [0.15, 0.2) is 11.5 Å². The van der Waals surface area contributed by atoms with E-state index in [2.05, 4.69) is 0 Å². The molecule has 4 aromatic rings. The standard InChI is InChI=1S/C21H15NO4/c22-11-13-5-7-14(8-6-13)20(24)18-9-10-19(25-18)21-16(12-23)15-3-1-2-4-17(15)26-21/h1-10,20,23-24H,12H2. The Morgan fingerprint density at radius 3 is 2.46 bits per heavy atom. The van der Waals surface area contributed by atoms with Crippen molar-refractivity contribution in [2.24, 2.45) is 0 Å². The first-order valence-electron chi connectivity index (χ1n) is 8.10. The number of benzene rings is 2. The van der Waals surface area contributed by atoms with E-state index in [1.165, 1.54) is 0 Å². The van der Waals surface area contributed by atoms with Gasteiger partial charge in [-0.3, -0.25) is 0 Å². The molecule has 2 aromatic heterocycles. The number of fused-ring (bicyclic) bond motifs is 1. The first kappa shape index (κ1) is 16.2. The zero-order chi connectivity index (χ0) is 18.1. The highest BCUT2D eigenvalue weighted by molar-refractivity contribution is 5.86. The zero-order valence-electron chi connectivity index (χ0n) is 13.7. The summed E-state index contributed by atoms with van der Waals surface area (Å²) in [5.74, 6) is 1.24. The Bertz CT molecular complexity index is 1100. The van der Waals surface area contributed by atoms with Crippen molar-refractivity contribution in [1.29, 1.82) is 5.26 Å². The lowest BCUT2D eigenvalue weighted by Gasteiger charge is -2.08. The molecular formula is C21H15NO4. The zero-order valence-corrected chi connectivity index (χ0v) is 13.7. The molecule has 0 fully saturated rings. The molecular weight excluding hydrogens is 330 g/mol. The van der Waals surface area contributed by atoms with E-state index in [9.17, 15) is 10.2 Å². The Morgan fingerprint density at radius 1 is 0.962 bits per heavy atom. The molecule has 5 nitrogen and oxygen atoms in total. The SMILES string of the molecule is N#Cc1ccc(C(O)c2ccc(-c3oc4ccccc4c3CO)o2)cc1. The van der Waals surface area contributed by atoms with Gasteiger partial charge in [-0.25, -0.2) is 0 Å². The molecule has 2 aromatic carbocycles. The van der Waals surface area contributed by atoms with Crippen molar-refractivity contribution in [3.8, 4) is 17.6 Å². The second-order valence-electron chi connectivity index (χ2n) is 5.90. The Kier molecular flexibility index (Phi) is 4.05. The second-order valence-corrected chi connectivity index (χ2v) is 5.90. The van der Waals surface area contributed by atoms with E-state index in [0.29, 0.717) is 39.6 Å². The molecule has 0 aliphatic heterocycles. The first-order valence-corrected chi connectivity index (χ1v) is 8.10. The van der Waals surface area contributed by atoms with Crippen LogP contribution in [0, 0.1) is 11.3 Å². The van der Waals surface area contributed by atoms with Crippen molar-refractivity contribution in [1.82, 2.24) is 0 Å². The average Bonchev–Trinajstić information content (AvgIpc) is 3.31. The molecule has 0 amide bonds. The van der Waals surface area contributed by atoms with Crippen LogP contribution in [0.15, 0.2) is 69.5 Å². The van der Waals surface area contributed by atoms with Crippen molar-refractivity contribution in [3.05, 3.63) is 83.1 Å². The smallest absolute Gasteiger partial charge is 0.176 e. The molecule has 2 N–H and O–H groups in total. The third-order valence-corrected chi connectivity index (χ3v) is 4.33. The minimum absolute atomic E-state index is 0.180. The van der Waals surface area contributed by atoms with Crippen LogP contribution in [-0.4, -0.2) is 10.2 Å². The number of hydrogen-bond donors (Lipinski definition) is 2. The molecule has 5 heteroatoms. The molecule has 1 atom stereocenters. The monoisotopic (exact) mass is 345 g/mol. The number of rotatable bonds is 4. The molecule has 26 heavy (non-hydrogen) atoms. The molecule has 2 heterocycles. The van der Waals surface area contributed by atoms with Gasteiger partial charge < -0.3 is 19.0 Å². The van der Waals surface area contributed by atoms with Gasteiger partial charge in [-0.15, -0.1) is 0 Å². The summed E-state index contributed by atoms with van der Waals surface area (Å²) < 4.78 is 11.6. The van der Waals surface area contributed by atoms with Crippen LogP contribution in [0.5, 0.6) is 0 Å². The van der Waals surface area contributed by atoms with Crippen LogP contribution in [-0.2, 0) is 6.61 Å². The molecule has 4 rings (SSSR count). The van der Waals surface area contributed by atoms with E-state index in [-0.39, 0.29) is 6.61 Å². The van der Waals surface area contributed by atoms with Gasteiger partial charge in [0.05, 0.1) is 18.2 Å². The molecule has 1 unspecified atom stereocenters. The van der Waals surface area contributed by atoms with Crippen LogP contribution in [0.25, 0.3) is 22.5 Å². The summed E-state index contributed by atoms with van der Waals surface area (Å²) >= 11 is 0. The highest BCUT2D eigenvalue weighted by Crippen LogP contribution is 2.36. The normalized spacial score (nSPS) is 12.2. The van der Waals surface area contributed by atoms with Crippen LogP contribution in [0.3, 0.4) is 0 Å². The van der Waals surface area contributed by atoms with Gasteiger partial charge in [-0.1, -0.05) is 30.3 Å². The number of aliphatic hydroxyl groups excluding tert-OH is 2. The summed E-state index contributed by atoms with van der Waals surface area (Å²) in [7, 11) is 0. The minimum Gasteiger partial charge on any atom is -0.455 e. The van der Waals surface area contributed by atoms with Crippen molar-refractivity contribution in [3.63, 3.8) is 0 Å². The average molecular weight is 345 g/mol. The molecule has 128 valence electrons. The predicted molar refractivity (Wildman–Crippen MR) is 95.1 cm³/mol. The maximum Gasteiger partial charge on any atom is 0.176 e. The van der Waals surface area contributed by atoms with Crippen LogP contribution in [0.4, 0.5) is 0 Å². The number of hydrogen-bond acceptors (Lipinski definition) is 5. The van der Waals surface area contributed by atoms with Crippen molar-refractivity contribution in [2.45, 2.75) is 12.7 Å². The summed E-state index contributed by atoms with van der Waals surface area (Å²) in [6.45, 7) is -0.180. The molecule has 0 aliphatic rings. The topological polar surface area (TPSA) is 90.5 Å². The largest absolute Gasteiger partial charge is 0.455 e. The van der Waals surface area contributed by atoms with Crippen LogP contribution in [0.1, 0.15) is 28.6 Å². The van der Waals surface area contributed by atoms with Gasteiger partial charge in [-0.2, -0.15) is 5.26 Å². The van der Waals surface area contributed by atoms with Gasteiger partial charge in [0.25, 0.3) is 0 Å². The van der Waals surface area contributed by atoms with E-state index in [1.807, 2.05) is 30.3 Å². The molecule has 0 bridgehead atoms. The highest BCUT2D eigenvalue weighted by atomic mass is 16.4. The lowest BCUT2D eigenvalue weighted by molar-refractivity contribution is 0.190. The van der Waals surface area contributed by atoms with Gasteiger partial charge in [0.1, 0.15) is 17.4 Å².